The maximum atomic E-state index is 13.5. The molecule has 0 spiro atoms. The van der Waals surface area contributed by atoms with E-state index in [9.17, 15) is 9.59 Å². The number of anilines is 1. The van der Waals surface area contributed by atoms with Crippen LogP contribution >= 0.6 is 0 Å². The van der Waals surface area contributed by atoms with E-state index in [0.29, 0.717) is 33.7 Å². The highest BCUT2D eigenvalue weighted by Crippen LogP contribution is 2.40. The molecule has 0 N–H and O–H groups in total. The largest absolute Gasteiger partial charge is 0.450 e. The Bertz CT molecular complexity index is 1340. The van der Waals surface area contributed by atoms with Gasteiger partial charge in [-0.25, -0.2) is 0 Å². The number of fused-ring (bicyclic) bond motifs is 2. The molecule has 29 heavy (non-hydrogen) atoms. The van der Waals surface area contributed by atoms with Crippen LogP contribution < -0.4 is 10.3 Å². The van der Waals surface area contributed by atoms with Crippen molar-refractivity contribution in [2.24, 2.45) is 0 Å². The molecule has 0 bridgehead atoms. The van der Waals surface area contributed by atoms with E-state index in [-0.39, 0.29) is 11.2 Å². The van der Waals surface area contributed by atoms with Gasteiger partial charge in [-0.15, -0.1) is 0 Å². The number of carbonyl (C=O) groups excluding carboxylic acids is 1. The molecule has 1 aliphatic heterocycles. The fraction of sp³-hybridized carbons (Fsp3) is 0.182. The molecule has 1 atom stereocenters. The molecular formula is C22H17N3O4. The van der Waals surface area contributed by atoms with Crippen molar-refractivity contribution in [2.45, 2.75) is 26.8 Å². The molecule has 1 aliphatic rings. The van der Waals surface area contributed by atoms with Gasteiger partial charge in [0.1, 0.15) is 11.3 Å². The first-order chi connectivity index (χ1) is 14.0. The molecule has 3 aromatic heterocycles. The highest BCUT2D eigenvalue weighted by Gasteiger charge is 2.45. The van der Waals surface area contributed by atoms with Crippen LogP contribution in [0.25, 0.3) is 11.0 Å². The van der Waals surface area contributed by atoms with E-state index < -0.39 is 11.9 Å². The van der Waals surface area contributed by atoms with E-state index in [1.807, 2.05) is 26.0 Å². The van der Waals surface area contributed by atoms with Gasteiger partial charge in [-0.3, -0.25) is 19.5 Å². The van der Waals surface area contributed by atoms with E-state index in [1.54, 1.807) is 37.5 Å². The summed E-state index contributed by atoms with van der Waals surface area (Å²) in [6.07, 6.45) is 3.28. The van der Waals surface area contributed by atoms with Gasteiger partial charge in [0.05, 0.1) is 17.0 Å². The van der Waals surface area contributed by atoms with Crippen LogP contribution in [0.15, 0.2) is 56.5 Å². The predicted octanol–water partition coefficient (Wildman–Crippen LogP) is 3.85. The Morgan fingerprint density at radius 3 is 2.55 bits per heavy atom. The third-order valence-corrected chi connectivity index (χ3v) is 5.35. The van der Waals surface area contributed by atoms with Gasteiger partial charge in [0, 0.05) is 18.5 Å². The second-order valence-electron chi connectivity index (χ2n) is 7.27. The minimum absolute atomic E-state index is 0.0280. The van der Waals surface area contributed by atoms with Crippen LogP contribution in [-0.4, -0.2) is 16.0 Å². The monoisotopic (exact) mass is 387 g/mol. The molecule has 0 fully saturated rings. The smallest absolute Gasteiger partial charge is 0.296 e. The average molecular weight is 387 g/mol. The molecule has 4 heterocycles. The van der Waals surface area contributed by atoms with Gasteiger partial charge in [0.2, 0.25) is 5.76 Å². The first-order valence-electron chi connectivity index (χ1n) is 9.20. The van der Waals surface area contributed by atoms with Crippen molar-refractivity contribution in [1.82, 2.24) is 10.1 Å². The van der Waals surface area contributed by atoms with Crippen LogP contribution in [0.2, 0.25) is 0 Å². The van der Waals surface area contributed by atoms with E-state index in [4.69, 9.17) is 8.94 Å². The molecule has 0 aliphatic carbocycles. The summed E-state index contributed by atoms with van der Waals surface area (Å²) in [5.41, 5.74) is 3.12. The summed E-state index contributed by atoms with van der Waals surface area (Å²) in [5, 5.41) is 4.45. The average Bonchev–Trinajstić information content (AvgIpc) is 3.26. The molecule has 7 nitrogen and oxygen atoms in total. The van der Waals surface area contributed by atoms with Crippen molar-refractivity contribution in [3.05, 3.63) is 86.7 Å². The number of hydrogen-bond donors (Lipinski definition) is 0. The van der Waals surface area contributed by atoms with Gasteiger partial charge in [-0.05, 0) is 55.7 Å². The summed E-state index contributed by atoms with van der Waals surface area (Å²) in [4.78, 5) is 32.4. The van der Waals surface area contributed by atoms with Gasteiger partial charge in [0.25, 0.3) is 5.91 Å². The van der Waals surface area contributed by atoms with Crippen molar-refractivity contribution >= 4 is 22.7 Å². The third-order valence-electron chi connectivity index (χ3n) is 5.35. The molecule has 144 valence electrons. The molecule has 0 saturated heterocycles. The standard InChI is InChI=1S/C22H17N3O4/c1-11-7-15-16(8-12(11)2)28-21-18(20(15)26)19(14-5-4-6-23-10-14)25(22(21)27)17-9-13(3)29-24-17/h4-10,19H,1-3H3. The van der Waals surface area contributed by atoms with Crippen LogP contribution in [0, 0.1) is 20.8 Å². The molecule has 1 unspecified atom stereocenters. The lowest BCUT2D eigenvalue weighted by molar-refractivity contribution is 0.0969. The van der Waals surface area contributed by atoms with Gasteiger partial charge in [-0.2, -0.15) is 0 Å². The number of aromatic nitrogens is 2. The maximum absolute atomic E-state index is 13.5. The van der Waals surface area contributed by atoms with Crippen LogP contribution in [0.1, 0.15) is 44.6 Å². The van der Waals surface area contributed by atoms with Gasteiger partial charge in [-0.1, -0.05) is 11.2 Å². The summed E-state index contributed by atoms with van der Waals surface area (Å²) in [5.74, 6) is 0.479. The van der Waals surface area contributed by atoms with Gasteiger partial charge >= 0.3 is 0 Å². The summed E-state index contributed by atoms with van der Waals surface area (Å²) in [6.45, 7) is 5.62. The topological polar surface area (TPSA) is 89.4 Å². The summed E-state index contributed by atoms with van der Waals surface area (Å²) >= 11 is 0. The van der Waals surface area contributed by atoms with Gasteiger partial charge in [0.15, 0.2) is 11.2 Å². The lowest BCUT2D eigenvalue weighted by Crippen LogP contribution is -2.29. The minimum Gasteiger partial charge on any atom is -0.450 e. The second-order valence-corrected chi connectivity index (χ2v) is 7.27. The first-order valence-corrected chi connectivity index (χ1v) is 9.20. The number of benzene rings is 1. The van der Waals surface area contributed by atoms with E-state index in [1.165, 1.54) is 4.90 Å². The van der Waals surface area contributed by atoms with Crippen LogP contribution in [0.3, 0.4) is 0 Å². The molecule has 1 aromatic carbocycles. The maximum Gasteiger partial charge on any atom is 0.296 e. The predicted molar refractivity (Wildman–Crippen MR) is 106 cm³/mol. The van der Waals surface area contributed by atoms with Crippen molar-refractivity contribution in [3.63, 3.8) is 0 Å². The van der Waals surface area contributed by atoms with E-state index >= 15 is 0 Å². The molecule has 4 aromatic rings. The lowest BCUT2D eigenvalue weighted by atomic mass is 9.98. The summed E-state index contributed by atoms with van der Waals surface area (Å²) in [6, 6.07) is 8.15. The molecule has 5 rings (SSSR count). The van der Waals surface area contributed by atoms with E-state index in [0.717, 1.165) is 11.1 Å². The third kappa shape index (κ3) is 2.51. The number of pyridine rings is 1. The van der Waals surface area contributed by atoms with Crippen molar-refractivity contribution in [3.8, 4) is 0 Å². The number of aryl methyl sites for hydroxylation is 3. The van der Waals surface area contributed by atoms with Crippen LogP contribution in [-0.2, 0) is 0 Å². The number of carbonyl (C=O) groups is 1. The van der Waals surface area contributed by atoms with Gasteiger partial charge < -0.3 is 8.94 Å². The summed E-state index contributed by atoms with van der Waals surface area (Å²) in [7, 11) is 0. The zero-order valence-corrected chi connectivity index (χ0v) is 16.1. The molecule has 7 heteroatoms. The Balaban J connectivity index is 1.84. The number of rotatable bonds is 2. The highest BCUT2D eigenvalue weighted by atomic mass is 16.5. The summed E-state index contributed by atoms with van der Waals surface area (Å²) < 4.78 is 11.2. The fourth-order valence-corrected chi connectivity index (χ4v) is 3.78. The van der Waals surface area contributed by atoms with Crippen molar-refractivity contribution in [1.29, 1.82) is 0 Å². The Hall–Kier alpha value is -3.74. The first kappa shape index (κ1) is 17.4. The highest BCUT2D eigenvalue weighted by molar-refractivity contribution is 6.10. The Labute approximate surface area is 165 Å². The number of nitrogens with zero attached hydrogens (tertiary/aromatic N) is 3. The normalized spacial score (nSPS) is 15.9. The SMILES string of the molecule is Cc1cc(N2C(=O)c3oc4cc(C)c(C)cc4c(=O)c3C2c2cccnc2)no1. The zero-order valence-electron chi connectivity index (χ0n) is 16.1. The number of amides is 1. The van der Waals surface area contributed by atoms with E-state index in [2.05, 4.69) is 10.1 Å². The van der Waals surface area contributed by atoms with Crippen molar-refractivity contribution in [2.75, 3.05) is 4.90 Å². The van der Waals surface area contributed by atoms with Crippen LogP contribution in [0.4, 0.5) is 5.82 Å². The Morgan fingerprint density at radius 1 is 1.07 bits per heavy atom. The van der Waals surface area contributed by atoms with Crippen LogP contribution in [0.5, 0.6) is 0 Å². The lowest BCUT2D eigenvalue weighted by Gasteiger charge is -2.21. The van der Waals surface area contributed by atoms with Crippen molar-refractivity contribution < 1.29 is 13.7 Å². The quantitative estimate of drug-likeness (QED) is 0.519. The Morgan fingerprint density at radius 2 is 1.86 bits per heavy atom. The molecule has 1 amide bonds. The fourth-order valence-electron chi connectivity index (χ4n) is 3.78. The Kier molecular flexibility index (Phi) is 3.67. The molecule has 0 radical (unpaired) electrons. The molecular weight excluding hydrogens is 370 g/mol. The second kappa shape index (κ2) is 6.13. The number of hydrogen-bond acceptors (Lipinski definition) is 6. The minimum atomic E-state index is -0.696. The zero-order chi connectivity index (χ0) is 20.3. The molecule has 0 saturated carbocycles.